The maximum atomic E-state index is 10.2. The summed E-state index contributed by atoms with van der Waals surface area (Å²) in [5.74, 6) is 0. The van der Waals surface area contributed by atoms with Gasteiger partial charge in [0.1, 0.15) is 6.26 Å². The Bertz CT molecular complexity index is 336. The van der Waals surface area contributed by atoms with Crippen LogP contribution in [-0.4, -0.2) is 13.0 Å². The van der Waals surface area contributed by atoms with Crippen molar-refractivity contribution in [2.24, 2.45) is 0 Å². The fourth-order valence-corrected chi connectivity index (χ4v) is 2.50. The molecule has 4 nitrogen and oxygen atoms in total. The van der Waals surface area contributed by atoms with Crippen molar-refractivity contribution in [3.05, 3.63) is 12.3 Å². The van der Waals surface area contributed by atoms with Crippen molar-refractivity contribution in [1.82, 2.24) is 0 Å². The summed E-state index contributed by atoms with van der Waals surface area (Å²) in [6, 6.07) is 0. The van der Waals surface area contributed by atoms with E-state index in [2.05, 4.69) is 11.1 Å². The summed E-state index contributed by atoms with van der Waals surface area (Å²) in [5, 5.41) is 0. The number of hydrogen-bond acceptors (Lipinski definition) is 3. The van der Waals surface area contributed by atoms with E-state index >= 15 is 0 Å². The molecule has 0 unspecified atom stereocenters. The summed E-state index contributed by atoms with van der Waals surface area (Å²) in [4.78, 5) is 0. The Hall–Kier alpha value is -0.550. The molecule has 0 aliphatic heterocycles. The topological polar surface area (TPSA) is 63.6 Å². The summed E-state index contributed by atoms with van der Waals surface area (Å²) in [5.41, 5.74) is 0. The van der Waals surface area contributed by atoms with Crippen molar-refractivity contribution in [2.75, 3.05) is 0 Å². The van der Waals surface area contributed by atoms with Gasteiger partial charge in [-0.05, 0) is 18.9 Å². The Morgan fingerprint density at radius 2 is 1.24 bits per heavy atom. The highest BCUT2D eigenvalue weighted by molar-refractivity contribution is 7.81. The first-order chi connectivity index (χ1) is 10.1. The molecule has 5 heteroatoms. The number of hydrogen-bond donors (Lipinski definition) is 1. The standard InChI is InChI=1S/C16H32O4S/c1-2-3-4-5-6-7-8-9-10-11-12-13-14-15-16-20-21(17,18)19/h15-16H,2-14H2,1H3,(H,17,18,19)/b16-15+. The fraction of sp³-hybridized carbons (Fsp3) is 0.875. The second-order valence-electron chi connectivity index (χ2n) is 5.57. The third kappa shape index (κ3) is 19.4. The van der Waals surface area contributed by atoms with E-state index in [1.165, 1.54) is 64.2 Å². The second-order valence-corrected chi connectivity index (χ2v) is 6.62. The largest absolute Gasteiger partial charge is 0.445 e. The minimum atomic E-state index is -4.33. The van der Waals surface area contributed by atoms with Gasteiger partial charge in [0.15, 0.2) is 0 Å². The molecule has 0 radical (unpaired) electrons. The minimum Gasteiger partial charge on any atom is -0.370 e. The van der Waals surface area contributed by atoms with Crippen LogP contribution in [0.3, 0.4) is 0 Å². The highest BCUT2D eigenvalue weighted by Crippen LogP contribution is 2.12. The molecule has 0 saturated carbocycles. The van der Waals surface area contributed by atoms with Gasteiger partial charge in [-0.1, -0.05) is 77.6 Å². The highest BCUT2D eigenvalue weighted by Gasteiger charge is 1.98. The zero-order valence-corrected chi connectivity index (χ0v) is 14.2. The van der Waals surface area contributed by atoms with E-state index in [0.29, 0.717) is 0 Å². The molecule has 0 saturated heterocycles. The number of unbranched alkanes of at least 4 members (excludes halogenated alkanes) is 12. The predicted octanol–water partition coefficient (Wildman–Crippen LogP) is 5.41. The van der Waals surface area contributed by atoms with Crippen molar-refractivity contribution >= 4 is 10.4 Å². The van der Waals surface area contributed by atoms with Crippen molar-refractivity contribution in [3.8, 4) is 0 Å². The lowest BCUT2D eigenvalue weighted by Gasteiger charge is -2.02. The van der Waals surface area contributed by atoms with E-state index < -0.39 is 10.4 Å². The summed E-state index contributed by atoms with van der Waals surface area (Å²) in [7, 11) is -4.33. The third-order valence-corrected chi connectivity index (χ3v) is 3.85. The maximum absolute atomic E-state index is 10.2. The Kier molecular flexibility index (Phi) is 14.0. The van der Waals surface area contributed by atoms with Gasteiger partial charge in [-0.2, -0.15) is 8.42 Å². The highest BCUT2D eigenvalue weighted by atomic mass is 32.3. The van der Waals surface area contributed by atoms with Crippen molar-refractivity contribution in [3.63, 3.8) is 0 Å². The Balaban J connectivity index is 3.12. The molecule has 126 valence electrons. The zero-order chi connectivity index (χ0) is 15.8. The van der Waals surface area contributed by atoms with Crippen LogP contribution in [0.2, 0.25) is 0 Å². The van der Waals surface area contributed by atoms with Gasteiger partial charge in [0.25, 0.3) is 0 Å². The lowest BCUT2D eigenvalue weighted by atomic mass is 10.0. The maximum Gasteiger partial charge on any atom is 0.445 e. The summed E-state index contributed by atoms with van der Waals surface area (Å²) in [6.07, 6.45) is 19.1. The van der Waals surface area contributed by atoms with Gasteiger partial charge in [-0.15, -0.1) is 0 Å². The van der Waals surface area contributed by atoms with E-state index in [1.54, 1.807) is 6.08 Å². The van der Waals surface area contributed by atoms with E-state index in [-0.39, 0.29) is 0 Å². The van der Waals surface area contributed by atoms with Gasteiger partial charge in [-0.25, -0.2) is 0 Å². The predicted molar refractivity (Wildman–Crippen MR) is 87.5 cm³/mol. The normalized spacial score (nSPS) is 12.1. The first-order valence-corrected chi connectivity index (χ1v) is 9.73. The molecule has 0 aromatic carbocycles. The molecule has 0 heterocycles. The molecule has 0 aliphatic carbocycles. The Morgan fingerprint density at radius 1 is 0.810 bits per heavy atom. The fourth-order valence-electron chi connectivity index (χ4n) is 2.28. The average Bonchev–Trinajstić information content (AvgIpc) is 2.42. The number of rotatable bonds is 15. The molecule has 0 rings (SSSR count). The van der Waals surface area contributed by atoms with Gasteiger partial charge < -0.3 is 4.18 Å². The lowest BCUT2D eigenvalue weighted by molar-refractivity contribution is 0.355. The quantitative estimate of drug-likeness (QED) is 0.249. The van der Waals surface area contributed by atoms with Crippen molar-refractivity contribution < 1.29 is 17.2 Å². The van der Waals surface area contributed by atoms with Crippen LogP contribution >= 0.6 is 0 Å². The van der Waals surface area contributed by atoms with Crippen LogP contribution in [0.4, 0.5) is 0 Å². The van der Waals surface area contributed by atoms with E-state index in [0.717, 1.165) is 25.5 Å². The smallest absolute Gasteiger partial charge is 0.370 e. The van der Waals surface area contributed by atoms with Gasteiger partial charge in [0, 0.05) is 0 Å². The molecule has 0 aliphatic rings. The molecule has 0 atom stereocenters. The SMILES string of the molecule is CCCCCCCCCCCCCC/C=C/OS(=O)(=O)O. The summed E-state index contributed by atoms with van der Waals surface area (Å²) in [6.45, 7) is 2.25. The molecular formula is C16H32O4S. The Labute approximate surface area is 130 Å². The van der Waals surface area contributed by atoms with Crippen LogP contribution in [-0.2, 0) is 14.6 Å². The van der Waals surface area contributed by atoms with E-state index in [1.807, 2.05) is 0 Å². The van der Waals surface area contributed by atoms with Gasteiger partial charge >= 0.3 is 10.4 Å². The van der Waals surface area contributed by atoms with Gasteiger partial charge in [-0.3, -0.25) is 4.55 Å². The van der Waals surface area contributed by atoms with Gasteiger partial charge in [0.05, 0.1) is 0 Å². The zero-order valence-electron chi connectivity index (χ0n) is 13.4. The van der Waals surface area contributed by atoms with Gasteiger partial charge in [0.2, 0.25) is 0 Å². The van der Waals surface area contributed by atoms with Crippen LogP contribution in [0.1, 0.15) is 90.4 Å². The third-order valence-electron chi connectivity index (χ3n) is 3.50. The lowest BCUT2D eigenvalue weighted by Crippen LogP contribution is -1.96. The first kappa shape index (κ1) is 20.5. The summed E-state index contributed by atoms with van der Waals surface area (Å²) >= 11 is 0. The number of allylic oxidation sites excluding steroid dienone is 1. The van der Waals surface area contributed by atoms with Crippen molar-refractivity contribution in [2.45, 2.75) is 90.4 Å². The van der Waals surface area contributed by atoms with Crippen LogP contribution in [0.5, 0.6) is 0 Å². The van der Waals surface area contributed by atoms with Crippen LogP contribution in [0.25, 0.3) is 0 Å². The van der Waals surface area contributed by atoms with Crippen molar-refractivity contribution in [1.29, 1.82) is 0 Å². The molecule has 0 aromatic heterocycles. The minimum absolute atomic E-state index is 0.785. The van der Waals surface area contributed by atoms with E-state index in [4.69, 9.17) is 4.55 Å². The molecular weight excluding hydrogens is 288 g/mol. The van der Waals surface area contributed by atoms with E-state index in [9.17, 15) is 8.42 Å². The molecule has 0 fully saturated rings. The molecule has 0 amide bonds. The molecule has 0 spiro atoms. The molecule has 0 bridgehead atoms. The average molecular weight is 320 g/mol. The monoisotopic (exact) mass is 320 g/mol. The Morgan fingerprint density at radius 3 is 1.67 bits per heavy atom. The van der Waals surface area contributed by atoms with Crippen LogP contribution < -0.4 is 0 Å². The van der Waals surface area contributed by atoms with Crippen LogP contribution in [0.15, 0.2) is 12.3 Å². The summed E-state index contributed by atoms with van der Waals surface area (Å²) < 4.78 is 32.9. The second kappa shape index (κ2) is 14.4. The molecule has 1 N–H and O–H groups in total. The molecule has 21 heavy (non-hydrogen) atoms. The first-order valence-electron chi connectivity index (χ1n) is 8.37. The van der Waals surface area contributed by atoms with Crippen LogP contribution in [0, 0.1) is 0 Å². The molecule has 0 aromatic rings.